The molecule has 0 aliphatic carbocycles. The van der Waals surface area contributed by atoms with Gasteiger partial charge in [-0.05, 0) is 19.1 Å². The van der Waals surface area contributed by atoms with Gasteiger partial charge in [-0.25, -0.2) is 0 Å². The quantitative estimate of drug-likeness (QED) is 0.702. The van der Waals surface area contributed by atoms with Crippen molar-refractivity contribution in [2.75, 3.05) is 19.0 Å². The highest BCUT2D eigenvalue weighted by molar-refractivity contribution is 6.01. The molecule has 98 valence electrons. The summed E-state index contributed by atoms with van der Waals surface area (Å²) in [6, 6.07) is 7.65. The van der Waals surface area contributed by atoms with Crippen LogP contribution in [0, 0.1) is 0 Å². The van der Waals surface area contributed by atoms with Crippen molar-refractivity contribution in [1.29, 1.82) is 0 Å². The van der Waals surface area contributed by atoms with Crippen LogP contribution in [0.3, 0.4) is 0 Å². The van der Waals surface area contributed by atoms with Crippen LogP contribution >= 0.6 is 0 Å². The zero-order chi connectivity index (χ0) is 13.9. The lowest BCUT2D eigenvalue weighted by atomic mass is 10.1. The topological polar surface area (TPSA) is 23.6 Å². The predicted molar refractivity (Wildman–Crippen MR) is 76.9 cm³/mol. The summed E-state index contributed by atoms with van der Waals surface area (Å²) in [5, 5.41) is 0. The maximum Gasteiger partial charge on any atom is 0.256 e. The van der Waals surface area contributed by atoms with Gasteiger partial charge in [-0.2, -0.15) is 0 Å². The van der Waals surface area contributed by atoms with Crippen molar-refractivity contribution in [1.82, 2.24) is 4.90 Å². The number of carbonyl (C=O) groups excluding carboxylic acids is 1. The van der Waals surface area contributed by atoms with Gasteiger partial charge in [-0.15, -0.1) is 0 Å². The average molecular weight is 246 g/mol. The maximum atomic E-state index is 12.2. The molecule has 0 aromatic heterocycles. The second-order valence-electron chi connectivity index (χ2n) is 4.16. The first kappa shape index (κ1) is 14.3. The number of hydrogen-bond acceptors (Lipinski definition) is 2. The van der Waals surface area contributed by atoms with Crippen molar-refractivity contribution in [3.05, 3.63) is 42.1 Å². The van der Waals surface area contributed by atoms with Gasteiger partial charge in [0.05, 0.1) is 17.3 Å². The number of carbonyl (C=O) groups is 1. The fraction of sp³-hybridized carbons (Fsp3) is 0.400. The van der Waals surface area contributed by atoms with E-state index in [1.807, 2.05) is 64.0 Å². The van der Waals surface area contributed by atoms with Gasteiger partial charge in [0.2, 0.25) is 0 Å². The fourth-order valence-electron chi connectivity index (χ4n) is 1.97. The van der Waals surface area contributed by atoms with Crippen LogP contribution in [0.2, 0.25) is 0 Å². The normalized spacial score (nSPS) is 18.8. The molecule has 0 saturated heterocycles. The number of hydrogen-bond donors (Lipinski definition) is 0. The third kappa shape index (κ3) is 2.26. The Balaban J connectivity index is 0.000000771. The van der Waals surface area contributed by atoms with Gasteiger partial charge >= 0.3 is 0 Å². The Kier molecular flexibility index (Phi) is 4.54. The minimum absolute atomic E-state index is 0.0184. The standard InChI is InChI=1S/C13H16N2O.C2H6/c1-9-10(2)15(4)13(16)11-7-5-6-8-12(11)14(9)3;1-2/h5-8,10H,1H2,2-4H3;1-2H3. The Hall–Kier alpha value is -1.77. The molecule has 1 amide bonds. The molecular formula is C15H22N2O. The van der Waals surface area contributed by atoms with Gasteiger partial charge < -0.3 is 9.80 Å². The second-order valence-corrected chi connectivity index (χ2v) is 4.16. The van der Waals surface area contributed by atoms with E-state index in [4.69, 9.17) is 0 Å². The van der Waals surface area contributed by atoms with E-state index in [9.17, 15) is 4.79 Å². The molecule has 0 bridgehead atoms. The number of benzene rings is 1. The van der Waals surface area contributed by atoms with Crippen LogP contribution in [0.4, 0.5) is 5.69 Å². The first-order chi connectivity index (χ1) is 8.54. The Morgan fingerprint density at radius 3 is 2.33 bits per heavy atom. The van der Waals surface area contributed by atoms with Crippen molar-refractivity contribution in [2.24, 2.45) is 0 Å². The first-order valence-corrected chi connectivity index (χ1v) is 6.32. The van der Waals surface area contributed by atoms with Crippen molar-refractivity contribution >= 4 is 11.6 Å². The van der Waals surface area contributed by atoms with Crippen molar-refractivity contribution < 1.29 is 4.79 Å². The van der Waals surface area contributed by atoms with E-state index in [0.717, 1.165) is 16.9 Å². The molecule has 18 heavy (non-hydrogen) atoms. The summed E-state index contributed by atoms with van der Waals surface area (Å²) in [4.78, 5) is 15.9. The van der Waals surface area contributed by atoms with Gasteiger partial charge in [0.25, 0.3) is 5.91 Å². The summed E-state index contributed by atoms with van der Waals surface area (Å²) in [5.41, 5.74) is 2.59. The molecule has 1 aliphatic heterocycles. The number of amides is 1. The molecule has 2 rings (SSSR count). The number of para-hydroxylation sites is 1. The molecule has 0 spiro atoms. The van der Waals surface area contributed by atoms with Crippen LogP contribution in [0.15, 0.2) is 36.5 Å². The highest BCUT2D eigenvalue weighted by Crippen LogP contribution is 2.29. The third-order valence-corrected chi connectivity index (χ3v) is 3.31. The van der Waals surface area contributed by atoms with E-state index < -0.39 is 0 Å². The monoisotopic (exact) mass is 246 g/mol. The number of nitrogens with zero attached hydrogens (tertiary/aromatic N) is 2. The smallest absolute Gasteiger partial charge is 0.256 e. The van der Waals surface area contributed by atoms with Gasteiger partial charge in [0, 0.05) is 19.8 Å². The van der Waals surface area contributed by atoms with Crippen molar-refractivity contribution in [3.63, 3.8) is 0 Å². The van der Waals surface area contributed by atoms with Crippen molar-refractivity contribution in [2.45, 2.75) is 26.8 Å². The van der Waals surface area contributed by atoms with Crippen LogP contribution < -0.4 is 4.90 Å². The Bertz CT molecular complexity index is 454. The summed E-state index contributed by atoms with van der Waals surface area (Å²) in [6.07, 6.45) is 0. The van der Waals surface area contributed by atoms with Crippen LogP contribution in [-0.4, -0.2) is 30.9 Å². The average Bonchev–Trinajstić information content (AvgIpc) is 2.49. The lowest BCUT2D eigenvalue weighted by molar-refractivity contribution is 0.0769. The maximum absolute atomic E-state index is 12.2. The van der Waals surface area contributed by atoms with Gasteiger partial charge in [-0.3, -0.25) is 4.79 Å². The molecule has 3 nitrogen and oxygen atoms in total. The summed E-state index contributed by atoms with van der Waals surface area (Å²) in [6.45, 7) is 10.0. The zero-order valence-electron chi connectivity index (χ0n) is 11.9. The molecule has 1 unspecified atom stereocenters. The van der Waals surface area contributed by atoms with Gasteiger partial charge in [-0.1, -0.05) is 32.6 Å². The highest BCUT2D eigenvalue weighted by Gasteiger charge is 2.29. The molecule has 0 saturated carbocycles. The molecule has 0 N–H and O–H groups in total. The zero-order valence-corrected chi connectivity index (χ0v) is 11.9. The van der Waals surface area contributed by atoms with Crippen molar-refractivity contribution in [3.8, 4) is 0 Å². The van der Waals surface area contributed by atoms with Crippen LogP contribution in [0.5, 0.6) is 0 Å². The number of fused-ring (bicyclic) bond motifs is 1. The number of anilines is 1. The van der Waals surface area contributed by atoms with E-state index in [0.29, 0.717) is 0 Å². The number of rotatable bonds is 0. The van der Waals surface area contributed by atoms with Gasteiger partial charge in [0.15, 0.2) is 0 Å². The fourth-order valence-corrected chi connectivity index (χ4v) is 1.97. The Labute approximate surface area is 110 Å². The predicted octanol–water partition coefficient (Wildman–Crippen LogP) is 3.14. The molecule has 1 aromatic rings. The largest absolute Gasteiger partial charge is 0.346 e. The van der Waals surface area contributed by atoms with E-state index in [2.05, 4.69) is 6.58 Å². The summed E-state index contributed by atoms with van der Waals surface area (Å²) < 4.78 is 0. The Morgan fingerprint density at radius 1 is 1.17 bits per heavy atom. The molecule has 1 aromatic carbocycles. The highest BCUT2D eigenvalue weighted by atomic mass is 16.2. The molecule has 1 atom stereocenters. The van der Waals surface area contributed by atoms with E-state index in [-0.39, 0.29) is 11.9 Å². The van der Waals surface area contributed by atoms with E-state index in [1.54, 1.807) is 4.90 Å². The molecule has 3 heteroatoms. The van der Waals surface area contributed by atoms with Crippen LogP contribution in [-0.2, 0) is 0 Å². The molecule has 0 fully saturated rings. The molecule has 1 heterocycles. The SMILES string of the molecule is C=C1C(C)N(C)C(=O)c2ccccc2N1C.CC. The third-order valence-electron chi connectivity index (χ3n) is 3.31. The molecule has 0 radical (unpaired) electrons. The lowest BCUT2D eigenvalue weighted by Gasteiger charge is -2.27. The second kappa shape index (κ2) is 5.71. The van der Waals surface area contributed by atoms with Crippen LogP contribution in [0.25, 0.3) is 0 Å². The van der Waals surface area contributed by atoms with E-state index >= 15 is 0 Å². The van der Waals surface area contributed by atoms with E-state index in [1.165, 1.54) is 0 Å². The minimum Gasteiger partial charge on any atom is -0.346 e. The number of likely N-dealkylation sites (N-methyl/N-ethyl adjacent to an activating group) is 2. The van der Waals surface area contributed by atoms with Crippen LogP contribution in [0.1, 0.15) is 31.1 Å². The Morgan fingerprint density at radius 2 is 1.72 bits per heavy atom. The first-order valence-electron chi connectivity index (χ1n) is 6.32. The summed E-state index contributed by atoms with van der Waals surface area (Å²) in [7, 11) is 3.76. The van der Waals surface area contributed by atoms with Gasteiger partial charge in [0.1, 0.15) is 0 Å². The minimum atomic E-state index is 0.0184. The lowest BCUT2D eigenvalue weighted by Crippen LogP contribution is -2.36. The summed E-state index contributed by atoms with van der Waals surface area (Å²) in [5.74, 6) is 0.0496. The molecule has 1 aliphatic rings. The molecular weight excluding hydrogens is 224 g/mol. The summed E-state index contributed by atoms with van der Waals surface area (Å²) >= 11 is 0.